The van der Waals surface area contributed by atoms with E-state index in [0.717, 1.165) is 19.5 Å². The number of aromatic nitrogens is 1. The van der Waals surface area contributed by atoms with Gasteiger partial charge in [0.1, 0.15) is 5.82 Å². The molecule has 17 heavy (non-hydrogen) atoms. The SMILES string of the molecule is CCNCc1cc(CC)nc(N2CCCC2)c1. The van der Waals surface area contributed by atoms with E-state index in [0.29, 0.717) is 0 Å². The zero-order valence-corrected chi connectivity index (χ0v) is 11.0. The van der Waals surface area contributed by atoms with E-state index in [1.807, 2.05) is 0 Å². The van der Waals surface area contributed by atoms with E-state index in [-0.39, 0.29) is 0 Å². The zero-order valence-electron chi connectivity index (χ0n) is 11.0. The fourth-order valence-electron chi connectivity index (χ4n) is 2.29. The molecule has 2 heterocycles. The number of nitrogens with one attached hydrogen (secondary N) is 1. The highest BCUT2D eigenvalue weighted by molar-refractivity contribution is 5.43. The first kappa shape index (κ1) is 12.4. The van der Waals surface area contributed by atoms with Crippen molar-refractivity contribution in [2.45, 2.75) is 39.7 Å². The Labute approximate surface area is 104 Å². The van der Waals surface area contributed by atoms with Gasteiger partial charge in [-0.15, -0.1) is 0 Å². The van der Waals surface area contributed by atoms with Gasteiger partial charge in [-0.25, -0.2) is 4.98 Å². The van der Waals surface area contributed by atoms with Crippen molar-refractivity contribution in [2.75, 3.05) is 24.5 Å². The van der Waals surface area contributed by atoms with Crippen LogP contribution in [-0.2, 0) is 13.0 Å². The molecule has 1 aromatic rings. The van der Waals surface area contributed by atoms with Gasteiger partial charge in [0.2, 0.25) is 0 Å². The third-order valence-corrected chi connectivity index (χ3v) is 3.30. The molecule has 0 atom stereocenters. The molecule has 94 valence electrons. The lowest BCUT2D eigenvalue weighted by atomic mass is 10.2. The molecular formula is C14H23N3. The summed E-state index contributed by atoms with van der Waals surface area (Å²) in [6, 6.07) is 4.47. The summed E-state index contributed by atoms with van der Waals surface area (Å²) in [5.74, 6) is 1.18. The van der Waals surface area contributed by atoms with Crippen LogP contribution in [0.4, 0.5) is 5.82 Å². The van der Waals surface area contributed by atoms with Crippen molar-refractivity contribution in [2.24, 2.45) is 0 Å². The normalized spacial score (nSPS) is 15.5. The molecule has 0 saturated carbocycles. The van der Waals surface area contributed by atoms with Crippen molar-refractivity contribution >= 4 is 5.82 Å². The van der Waals surface area contributed by atoms with E-state index in [9.17, 15) is 0 Å². The summed E-state index contributed by atoms with van der Waals surface area (Å²) in [6.07, 6.45) is 3.63. The van der Waals surface area contributed by atoms with Gasteiger partial charge in [0, 0.05) is 25.3 Å². The van der Waals surface area contributed by atoms with Crippen molar-refractivity contribution in [3.8, 4) is 0 Å². The third-order valence-electron chi connectivity index (χ3n) is 3.30. The van der Waals surface area contributed by atoms with Crippen LogP contribution >= 0.6 is 0 Å². The molecule has 1 aromatic heterocycles. The maximum absolute atomic E-state index is 4.74. The minimum atomic E-state index is 0.951. The molecule has 3 heteroatoms. The number of pyridine rings is 1. The maximum atomic E-state index is 4.74. The number of rotatable bonds is 5. The largest absolute Gasteiger partial charge is 0.357 e. The monoisotopic (exact) mass is 233 g/mol. The van der Waals surface area contributed by atoms with Crippen molar-refractivity contribution in [3.63, 3.8) is 0 Å². The highest BCUT2D eigenvalue weighted by Crippen LogP contribution is 2.20. The Balaban J connectivity index is 2.18. The minimum absolute atomic E-state index is 0.951. The van der Waals surface area contributed by atoms with Crippen molar-refractivity contribution < 1.29 is 0 Å². The summed E-state index contributed by atoms with van der Waals surface area (Å²) in [4.78, 5) is 7.15. The first-order valence-corrected chi connectivity index (χ1v) is 6.79. The summed E-state index contributed by atoms with van der Waals surface area (Å²) < 4.78 is 0. The molecule has 3 nitrogen and oxygen atoms in total. The van der Waals surface area contributed by atoms with Crippen molar-refractivity contribution in [1.29, 1.82) is 0 Å². The average Bonchev–Trinajstić information content (AvgIpc) is 2.89. The van der Waals surface area contributed by atoms with Gasteiger partial charge in [-0.1, -0.05) is 13.8 Å². The van der Waals surface area contributed by atoms with E-state index < -0.39 is 0 Å². The molecule has 0 bridgehead atoms. The van der Waals surface area contributed by atoms with Crippen LogP contribution in [0.3, 0.4) is 0 Å². The van der Waals surface area contributed by atoms with E-state index in [2.05, 4.69) is 36.2 Å². The van der Waals surface area contributed by atoms with Crippen LogP contribution in [0.15, 0.2) is 12.1 Å². The van der Waals surface area contributed by atoms with E-state index in [1.165, 1.54) is 43.0 Å². The van der Waals surface area contributed by atoms with Crippen LogP contribution in [0.5, 0.6) is 0 Å². The number of aryl methyl sites for hydroxylation is 1. The Hall–Kier alpha value is -1.09. The molecule has 1 N–H and O–H groups in total. The van der Waals surface area contributed by atoms with Crippen LogP contribution < -0.4 is 10.2 Å². The Bertz CT molecular complexity index is 356. The molecule has 1 saturated heterocycles. The molecule has 0 unspecified atom stereocenters. The quantitative estimate of drug-likeness (QED) is 0.846. The van der Waals surface area contributed by atoms with Crippen LogP contribution in [0.25, 0.3) is 0 Å². The molecule has 0 aromatic carbocycles. The van der Waals surface area contributed by atoms with Crippen molar-refractivity contribution in [1.82, 2.24) is 10.3 Å². The van der Waals surface area contributed by atoms with E-state index in [4.69, 9.17) is 4.98 Å². The summed E-state index contributed by atoms with van der Waals surface area (Å²) in [5, 5.41) is 3.39. The van der Waals surface area contributed by atoms with Crippen LogP contribution in [-0.4, -0.2) is 24.6 Å². The number of nitrogens with zero attached hydrogens (tertiary/aromatic N) is 2. The molecule has 1 aliphatic rings. The highest BCUT2D eigenvalue weighted by Gasteiger charge is 2.14. The minimum Gasteiger partial charge on any atom is -0.357 e. The molecule has 0 spiro atoms. The van der Waals surface area contributed by atoms with Crippen molar-refractivity contribution in [3.05, 3.63) is 23.4 Å². The predicted molar refractivity (Wildman–Crippen MR) is 72.4 cm³/mol. The van der Waals surface area contributed by atoms with Gasteiger partial charge < -0.3 is 10.2 Å². The molecule has 0 amide bonds. The Kier molecular flexibility index (Phi) is 4.37. The van der Waals surface area contributed by atoms with Gasteiger partial charge in [0.15, 0.2) is 0 Å². The van der Waals surface area contributed by atoms with Crippen LogP contribution in [0.2, 0.25) is 0 Å². The second kappa shape index (κ2) is 6.01. The van der Waals surface area contributed by atoms with Gasteiger partial charge >= 0.3 is 0 Å². The molecule has 1 aliphatic heterocycles. The van der Waals surface area contributed by atoms with Gasteiger partial charge in [0.05, 0.1) is 0 Å². The van der Waals surface area contributed by atoms with Gasteiger partial charge in [-0.3, -0.25) is 0 Å². The molecular weight excluding hydrogens is 210 g/mol. The van der Waals surface area contributed by atoms with Crippen LogP contribution in [0, 0.1) is 0 Å². The lowest BCUT2D eigenvalue weighted by Crippen LogP contribution is -2.20. The smallest absolute Gasteiger partial charge is 0.129 e. The number of hydrogen-bond acceptors (Lipinski definition) is 3. The number of anilines is 1. The standard InChI is InChI=1S/C14H23N3/c1-3-13-9-12(11-15-4-2)10-14(16-13)17-7-5-6-8-17/h9-10,15H,3-8,11H2,1-2H3. The molecule has 2 rings (SSSR count). The third kappa shape index (κ3) is 3.19. The summed E-state index contributed by atoms with van der Waals surface area (Å²) in [5.41, 5.74) is 2.57. The summed E-state index contributed by atoms with van der Waals surface area (Å²) in [7, 11) is 0. The Morgan fingerprint density at radius 2 is 2.00 bits per heavy atom. The zero-order chi connectivity index (χ0) is 12.1. The van der Waals surface area contributed by atoms with Gasteiger partial charge in [-0.2, -0.15) is 0 Å². The molecule has 1 fully saturated rings. The highest BCUT2D eigenvalue weighted by atomic mass is 15.2. The number of hydrogen-bond donors (Lipinski definition) is 1. The average molecular weight is 233 g/mol. The lowest BCUT2D eigenvalue weighted by molar-refractivity contribution is 0.723. The summed E-state index contributed by atoms with van der Waals surface area (Å²) >= 11 is 0. The second-order valence-electron chi connectivity index (χ2n) is 4.65. The molecule has 0 radical (unpaired) electrons. The fraction of sp³-hybridized carbons (Fsp3) is 0.643. The van der Waals surface area contributed by atoms with Gasteiger partial charge in [0.25, 0.3) is 0 Å². The Morgan fingerprint density at radius 3 is 2.65 bits per heavy atom. The fourth-order valence-corrected chi connectivity index (χ4v) is 2.29. The predicted octanol–water partition coefficient (Wildman–Crippen LogP) is 2.35. The first-order valence-electron chi connectivity index (χ1n) is 6.79. The first-order chi connectivity index (χ1) is 8.33. The van der Waals surface area contributed by atoms with E-state index in [1.54, 1.807) is 0 Å². The maximum Gasteiger partial charge on any atom is 0.129 e. The van der Waals surface area contributed by atoms with Crippen LogP contribution in [0.1, 0.15) is 37.9 Å². The lowest BCUT2D eigenvalue weighted by Gasteiger charge is -2.18. The molecule has 0 aliphatic carbocycles. The second-order valence-corrected chi connectivity index (χ2v) is 4.65. The Morgan fingerprint density at radius 1 is 1.24 bits per heavy atom. The van der Waals surface area contributed by atoms with E-state index >= 15 is 0 Å². The van der Waals surface area contributed by atoms with Gasteiger partial charge in [-0.05, 0) is 43.5 Å². The summed E-state index contributed by atoms with van der Waals surface area (Å²) in [6.45, 7) is 8.62. The topological polar surface area (TPSA) is 28.2 Å².